The standard InChI is InChI=1S/C10H13BrFNO2S/c1-13-5-2-6-16(14,15)10-7-8(11)3-4-9(10)12/h3-4,7,13H,2,5-6H2,1H3. The summed E-state index contributed by atoms with van der Waals surface area (Å²) in [6, 6.07) is 3.92. The van der Waals surface area contributed by atoms with Crippen LogP contribution in [0.5, 0.6) is 0 Å². The van der Waals surface area contributed by atoms with Gasteiger partial charge in [-0.25, -0.2) is 12.8 Å². The van der Waals surface area contributed by atoms with Gasteiger partial charge in [-0.15, -0.1) is 0 Å². The summed E-state index contributed by atoms with van der Waals surface area (Å²) in [4.78, 5) is -0.238. The molecule has 0 heterocycles. The van der Waals surface area contributed by atoms with Gasteiger partial charge in [-0.1, -0.05) is 15.9 Å². The minimum Gasteiger partial charge on any atom is -0.320 e. The molecule has 1 aromatic carbocycles. The quantitative estimate of drug-likeness (QED) is 0.846. The fraction of sp³-hybridized carbons (Fsp3) is 0.400. The van der Waals surface area contributed by atoms with Crippen molar-refractivity contribution in [3.63, 3.8) is 0 Å². The highest BCUT2D eigenvalue weighted by molar-refractivity contribution is 9.10. The smallest absolute Gasteiger partial charge is 0.181 e. The zero-order valence-corrected chi connectivity index (χ0v) is 11.2. The van der Waals surface area contributed by atoms with E-state index < -0.39 is 15.7 Å². The Morgan fingerprint density at radius 2 is 2.12 bits per heavy atom. The number of rotatable bonds is 5. The molecule has 0 aliphatic rings. The molecule has 0 aromatic heterocycles. The highest BCUT2D eigenvalue weighted by Crippen LogP contribution is 2.21. The summed E-state index contributed by atoms with van der Waals surface area (Å²) in [7, 11) is -1.79. The van der Waals surface area contributed by atoms with Crippen LogP contribution in [0, 0.1) is 5.82 Å². The van der Waals surface area contributed by atoms with Gasteiger partial charge in [0.25, 0.3) is 0 Å². The van der Waals surface area contributed by atoms with E-state index in [2.05, 4.69) is 21.2 Å². The number of hydrogen-bond acceptors (Lipinski definition) is 3. The number of nitrogens with one attached hydrogen (secondary N) is 1. The van der Waals surface area contributed by atoms with Crippen LogP contribution in [0.15, 0.2) is 27.6 Å². The van der Waals surface area contributed by atoms with Gasteiger partial charge in [0.15, 0.2) is 9.84 Å². The van der Waals surface area contributed by atoms with Gasteiger partial charge < -0.3 is 5.32 Å². The first-order chi connectivity index (χ1) is 7.47. The van der Waals surface area contributed by atoms with Gasteiger partial charge >= 0.3 is 0 Å². The van der Waals surface area contributed by atoms with Crippen LogP contribution < -0.4 is 5.32 Å². The van der Waals surface area contributed by atoms with Crippen molar-refractivity contribution in [2.75, 3.05) is 19.3 Å². The molecule has 0 fully saturated rings. The molecule has 0 aliphatic heterocycles. The van der Waals surface area contributed by atoms with E-state index in [0.717, 1.165) is 6.07 Å². The average molecular weight is 310 g/mol. The first kappa shape index (κ1) is 13.6. The van der Waals surface area contributed by atoms with Gasteiger partial charge in [0.1, 0.15) is 10.7 Å². The molecule has 3 nitrogen and oxygen atoms in total. The van der Waals surface area contributed by atoms with Crippen molar-refractivity contribution in [3.05, 3.63) is 28.5 Å². The molecule has 1 N–H and O–H groups in total. The lowest BCUT2D eigenvalue weighted by molar-refractivity contribution is 0.564. The van der Waals surface area contributed by atoms with Crippen molar-refractivity contribution < 1.29 is 12.8 Å². The van der Waals surface area contributed by atoms with Crippen molar-refractivity contribution >= 4 is 25.8 Å². The lowest BCUT2D eigenvalue weighted by atomic mass is 10.3. The first-order valence-corrected chi connectivity index (χ1v) is 7.24. The number of sulfone groups is 1. The van der Waals surface area contributed by atoms with Crippen LogP contribution in [-0.4, -0.2) is 27.8 Å². The van der Waals surface area contributed by atoms with E-state index in [1.54, 1.807) is 7.05 Å². The lowest BCUT2D eigenvalue weighted by Crippen LogP contribution is -2.15. The van der Waals surface area contributed by atoms with Gasteiger partial charge in [-0.3, -0.25) is 0 Å². The topological polar surface area (TPSA) is 46.2 Å². The van der Waals surface area contributed by atoms with Crippen LogP contribution in [0.2, 0.25) is 0 Å². The fourth-order valence-corrected chi connectivity index (χ4v) is 3.19. The Kier molecular flexibility index (Phi) is 4.89. The monoisotopic (exact) mass is 309 g/mol. The SMILES string of the molecule is CNCCCS(=O)(=O)c1cc(Br)ccc1F. The molecule has 90 valence electrons. The molecule has 6 heteroatoms. The third-order valence-electron chi connectivity index (χ3n) is 2.07. The van der Waals surface area contributed by atoms with E-state index in [4.69, 9.17) is 0 Å². The number of halogens is 2. The molecule has 0 aliphatic carbocycles. The van der Waals surface area contributed by atoms with E-state index in [0.29, 0.717) is 17.4 Å². The molecule has 0 spiro atoms. The van der Waals surface area contributed by atoms with Crippen LogP contribution in [0.4, 0.5) is 4.39 Å². The minimum atomic E-state index is -3.53. The second kappa shape index (κ2) is 5.75. The Hall–Kier alpha value is -0.460. The predicted octanol–water partition coefficient (Wildman–Crippen LogP) is 1.97. The van der Waals surface area contributed by atoms with Gasteiger partial charge in [-0.05, 0) is 38.2 Å². The zero-order valence-electron chi connectivity index (χ0n) is 8.83. The van der Waals surface area contributed by atoms with E-state index >= 15 is 0 Å². The van der Waals surface area contributed by atoms with Crippen molar-refractivity contribution in [2.24, 2.45) is 0 Å². The highest BCUT2D eigenvalue weighted by atomic mass is 79.9. The Bertz CT molecular complexity index is 462. The fourth-order valence-electron chi connectivity index (χ4n) is 1.26. The highest BCUT2D eigenvalue weighted by Gasteiger charge is 2.18. The van der Waals surface area contributed by atoms with Crippen LogP contribution in [0.1, 0.15) is 6.42 Å². The number of benzene rings is 1. The molecule has 0 unspecified atom stereocenters. The lowest BCUT2D eigenvalue weighted by Gasteiger charge is -2.06. The summed E-state index contributed by atoms with van der Waals surface area (Å²) in [6.07, 6.45) is 0.463. The molecule has 0 amide bonds. The van der Waals surface area contributed by atoms with E-state index in [-0.39, 0.29) is 10.6 Å². The molecule has 0 bridgehead atoms. The second-order valence-electron chi connectivity index (χ2n) is 3.35. The maximum atomic E-state index is 13.4. The summed E-state index contributed by atoms with van der Waals surface area (Å²) in [5, 5.41) is 2.85. The summed E-state index contributed by atoms with van der Waals surface area (Å²) in [6.45, 7) is 0.592. The van der Waals surface area contributed by atoms with Crippen LogP contribution in [0.3, 0.4) is 0 Å². The first-order valence-electron chi connectivity index (χ1n) is 4.80. The van der Waals surface area contributed by atoms with Crippen LogP contribution in [0.25, 0.3) is 0 Å². The third-order valence-corrected chi connectivity index (χ3v) is 4.37. The summed E-state index contributed by atoms with van der Waals surface area (Å²) < 4.78 is 37.5. The molecule has 0 saturated heterocycles. The Balaban J connectivity index is 2.93. The molecule has 1 aromatic rings. The van der Waals surface area contributed by atoms with Gasteiger partial charge in [0.05, 0.1) is 5.75 Å². The van der Waals surface area contributed by atoms with Gasteiger partial charge in [0, 0.05) is 4.47 Å². The Morgan fingerprint density at radius 1 is 1.44 bits per heavy atom. The van der Waals surface area contributed by atoms with E-state index in [1.807, 2.05) is 0 Å². The van der Waals surface area contributed by atoms with E-state index in [1.165, 1.54) is 12.1 Å². The molecule has 16 heavy (non-hydrogen) atoms. The van der Waals surface area contributed by atoms with Crippen molar-refractivity contribution in [2.45, 2.75) is 11.3 Å². The summed E-state index contributed by atoms with van der Waals surface area (Å²) in [5.74, 6) is -0.756. The largest absolute Gasteiger partial charge is 0.320 e. The average Bonchev–Trinajstić information content (AvgIpc) is 2.22. The van der Waals surface area contributed by atoms with Crippen LogP contribution >= 0.6 is 15.9 Å². The summed E-state index contributed by atoms with van der Waals surface area (Å²) in [5.41, 5.74) is 0. The molecule has 0 saturated carbocycles. The Labute approximate surface area is 103 Å². The maximum absolute atomic E-state index is 13.4. The number of hydrogen-bond donors (Lipinski definition) is 1. The molecule has 0 radical (unpaired) electrons. The maximum Gasteiger partial charge on any atom is 0.181 e. The van der Waals surface area contributed by atoms with Crippen molar-refractivity contribution in [3.8, 4) is 0 Å². The van der Waals surface area contributed by atoms with Gasteiger partial charge in [0.2, 0.25) is 0 Å². The third kappa shape index (κ3) is 3.54. The predicted molar refractivity (Wildman–Crippen MR) is 64.7 cm³/mol. The normalized spacial score (nSPS) is 11.7. The second-order valence-corrected chi connectivity index (χ2v) is 6.34. The Morgan fingerprint density at radius 3 is 2.75 bits per heavy atom. The van der Waals surface area contributed by atoms with E-state index in [9.17, 15) is 12.8 Å². The van der Waals surface area contributed by atoms with Gasteiger partial charge in [-0.2, -0.15) is 0 Å². The minimum absolute atomic E-state index is 0.0544. The van der Waals surface area contributed by atoms with Crippen LogP contribution in [-0.2, 0) is 9.84 Å². The molecular weight excluding hydrogens is 297 g/mol. The summed E-state index contributed by atoms with van der Waals surface area (Å²) >= 11 is 3.13. The van der Waals surface area contributed by atoms with Crippen molar-refractivity contribution in [1.82, 2.24) is 5.32 Å². The van der Waals surface area contributed by atoms with Crippen molar-refractivity contribution in [1.29, 1.82) is 0 Å². The molecule has 0 atom stereocenters. The molecular formula is C10H13BrFNO2S. The zero-order chi connectivity index (χ0) is 12.2. The molecule has 1 rings (SSSR count).